The molecular formula is C22H24Cl4N6. The number of halogens is 4. The number of aliphatic imine (C=N–C) groups is 1. The van der Waals surface area contributed by atoms with Crippen LogP contribution in [0.1, 0.15) is 18.4 Å². The van der Waals surface area contributed by atoms with Crippen molar-refractivity contribution in [1.82, 2.24) is 14.5 Å². The van der Waals surface area contributed by atoms with Gasteiger partial charge >= 0.3 is 0 Å². The van der Waals surface area contributed by atoms with Crippen LogP contribution in [0, 0.1) is 5.92 Å². The van der Waals surface area contributed by atoms with Gasteiger partial charge in [-0.1, -0.05) is 46.4 Å². The second kappa shape index (κ2) is 9.65. The van der Waals surface area contributed by atoms with E-state index in [2.05, 4.69) is 21.9 Å². The molecule has 0 fully saturated rings. The predicted octanol–water partition coefficient (Wildman–Crippen LogP) is 5.81. The van der Waals surface area contributed by atoms with Crippen molar-refractivity contribution in [3.05, 3.63) is 49.9 Å². The summed E-state index contributed by atoms with van der Waals surface area (Å²) in [5.41, 5.74) is 16.0. The lowest BCUT2D eigenvalue weighted by Gasteiger charge is -2.21. The number of aryl methyl sites for hydroxylation is 1. The van der Waals surface area contributed by atoms with Gasteiger partial charge in [0.25, 0.3) is 0 Å². The summed E-state index contributed by atoms with van der Waals surface area (Å²) < 4.78 is 1.96. The van der Waals surface area contributed by atoms with Crippen molar-refractivity contribution in [3.8, 4) is 0 Å². The number of imidazole rings is 1. The molecule has 0 saturated heterocycles. The van der Waals surface area contributed by atoms with Gasteiger partial charge in [0.05, 0.1) is 36.8 Å². The number of anilines is 1. The van der Waals surface area contributed by atoms with Crippen LogP contribution in [-0.2, 0) is 13.0 Å². The summed E-state index contributed by atoms with van der Waals surface area (Å²) in [5, 5.41) is 2.00. The zero-order chi connectivity index (χ0) is 23.0. The van der Waals surface area contributed by atoms with E-state index < -0.39 is 0 Å². The minimum atomic E-state index is 0.197. The summed E-state index contributed by atoms with van der Waals surface area (Å²) in [7, 11) is 2.08. The third-order valence-corrected chi connectivity index (χ3v) is 7.38. The molecule has 0 saturated carbocycles. The van der Waals surface area contributed by atoms with E-state index in [0.717, 1.165) is 54.6 Å². The Kier molecular flexibility index (Phi) is 7.08. The molecule has 1 atom stereocenters. The molecule has 0 bridgehead atoms. The van der Waals surface area contributed by atoms with Crippen molar-refractivity contribution in [2.24, 2.45) is 16.6 Å². The van der Waals surface area contributed by atoms with Crippen LogP contribution >= 0.6 is 46.4 Å². The average Bonchev–Trinajstić information content (AvgIpc) is 2.94. The van der Waals surface area contributed by atoms with Gasteiger partial charge in [0.1, 0.15) is 5.84 Å². The van der Waals surface area contributed by atoms with E-state index in [0.29, 0.717) is 38.4 Å². The Labute approximate surface area is 207 Å². The Bertz CT molecular complexity index is 1190. The van der Waals surface area contributed by atoms with Crippen LogP contribution in [0.5, 0.6) is 0 Å². The van der Waals surface area contributed by atoms with Crippen LogP contribution in [0.4, 0.5) is 11.6 Å². The van der Waals surface area contributed by atoms with Gasteiger partial charge < -0.3 is 20.9 Å². The maximum absolute atomic E-state index is 6.33. The molecule has 1 aliphatic rings. The van der Waals surface area contributed by atoms with Crippen LogP contribution in [0.25, 0.3) is 11.0 Å². The van der Waals surface area contributed by atoms with Crippen molar-refractivity contribution in [2.45, 2.75) is 25.8 Å². The van der Waals surface area contributed by atoms with E-state index >= 15 is 0 Å². The number of fused-ring (bicyclic) bond motifs is 2. The Hall–Kier alpha value is -1.70. The minimum Gasteiger partial charge on any atom is -0.387 e. The Morgan fingerprint density at radius 3 is 2.47 bits per heavy atom. The first-order valence-corrected chi connectivity index (χ1v) is 11.9. The topological polar surface area (TPSA) is 85.5 Å². The smallest absolute Gasteiger partial charge is 0.201 e. The minimum absolute atomic E-state index is 0.197. The zero-order valence-electron chi connectivity index (χ0n) is 17.6. The van der Waals surface area contributed by atoms with Gasteiger partial charge in [-0.2, -0.15) is 0 Å². The number of likely N-dealkylation sites (N-methyl/N-ethyl adjacent to an activating group) is 1. The fourth-order valence-corrected chi connectivity index (χ4v) is 4.67. The number of nitrogens with two attached hydrogens (primary N) is 2. The molecule has 2 heterocycles. The Morgan fingerprint density at radius 2 is 1.69 bits per heavy atom. The first-order chi connectivity index (χ1) is 15.2. The van der Waals surface area contributed by atoms with E-state index in [1.807, 2.05) is 10.6 Å². The highest BCUT2D eigenvalue weighted by atomic mass is 35.5. The van der Waals surface area contributed by atoms with Gasteiger partial charge in [-0.3, -0.25) is 0 Å². The van der Waals surface area contributed by atoms with Crippen LogP contribution < -0.4 is 11.5 Å². The lowest BCUT2D eigenvalue weighted by molar-refractivity contribution is 0.302. The third kappa shape index (κ3) is 4.95. The Morgan fingerprint density at radius 1 is 1.00 bits per heavy atom. The van der Waals surface area contributed by atoms with Crippen LogP contribution in [0.2, 0.25) is 20.1 Å². The van der Waals surface area contributed by atoms with Crippen LogP contribution in [-0.4, -0.2) is 40.4 Å². The summed E-state index contributed by atoms with van der Waals surface area (Å²) in [6.07, 6.45) is 2.70. The van der Waals surface area contributed by atoms with Crippen molar-refractivity contribution >= 4 is 74.9 Å². The third-order valence-electron chi connectivity index (χ3n) is 5.94. The van der Waals surface area contributed by atoms with Gasteiger partial charge in [0.15, 0.2) is 0 Å². The fraction of sp³-hybridized carbons (Fsp3) is 0.364. The molecule has 1 aliphatic heterocycles. The fourth-order valence-electron chi connectivity index (χ4n) is 4.01. The molecule has 4 rings (SSSR count). The van der Waals surface area contributed by atoms with E-state index in [1.165, 1.54) is 0 Å². The van der Waals surface area contributed by atoms with Gasteiger partial charge in [-0.15, -0.1) is 0 Å². The molecule has 0 amide bonds. The summed E-state index contributed by atoms with van der Waals surface area (Å²) in [6, 6.07) is 7.23. The zero-order valence-corrected chi connectivity index (χ0v) is 20.6. The highest BCUT2D eigenvalue weighted by molar-refractivity contribution is 6.43. The van der Waals surface area contributed by atoms with Gasteiger partial charge in [-0.05, 0) is 62.7 Å². The summed E-state index contributed by atoms with van der Waals surface area (Å²) >= 11 is 24.6. The van der Waals surface area contributed by atoms with Crippen molar-refractivity contribution in [3.63, 3.8) is 0 Å². The largest absolute Gasteiger partial charge is 0.387 e. The van der Waals surface area contributed by atoms with E-state index in [1.54, 1.807) is 18.2 Å². The van der Waals surface area contributed by atoms with Gasteiger partial charge in [0, 0.05) is 19.0 Å². The highest BCUT2D eigenvalue weighted by Gasteiger charge is 2.20. The van der Waals surface area contributed by atoms with Gasteiger partial charge in [-0.25, -0.2) is 9.98 Å². The number of amidine groups is 1. The number of hydrogen-bond acceptors (Lipinski definition) is 5. The predicted molar refractivity (Wildman–Crippen MR) is 136 cm³/mol. The summed E-state index contributed by atoms with van der Waals surface area (Å²) in [5.74, 6) is 1.29. The molecule has 32 heavy (non-hydrogen) atoms. The molecule has 10 heteroatoms. The van der Waals surface area contributed by atoms with E-state index in [-0.39, 0.29) is 5.92 Å². The van der Waals surface area contributed by atoms with Crippen molar-refractivity contribution in [2.75, 3.05) is 25.9 Å². The first-order valence-electron chi connectivity index (χ1n) is 10.3. The lowest BCUT2D eigenvalue weighted by Crippen LogP contribution is -2.30. The molecule has 0 spiro atoms. The lowest BCUT2D eigenvalue weighted by atomic mass is 9.96. The molecule has 6 nitrogen and oxygen atoms in total. The van der Waals surface area contributed by atoms with Crippen molar-refractivity contribution < 1.29 is 0 Å². The normalized spacial score (nSPS) is 16.3. The molecule has 0 radical (unpaired) electrons. The maximum atomic E-state index is 6.33. The number of nitrogen functional groups attached to an aromatic ring is 1. The number of rotatable bonds is 6. The Balaban J connectivity index is 1.37. The molecule has 2 aromatic carbocycles. The van der Waals surface area contributed by atoms with Crippen molar-refractivity contribution in [1.29, 1.82) is 0 Å². The first kappa shape index (κ1) is 23.5. The van der Waals surface area contributed by atoms with Crippen LogP contribution in [0.15, 0.2) is 29.3 Å². The number of benzene rings is 2. The standard InChI is InChI=1S/C22H24Cl4N6/c1-31(6-7-32-20-11-17(26)16(25)10-19(20)30-22(32)28)5-4-12-2-3-13-8-14(23)15(24)9-18(13)29-21(12)27/h8-12H,2-7H2,1H3,(H2,27,29)(H2,28,30). The summed E-state index contributed by atoms with van der Waals surface area (Å²) in [4.78, 5) is 11.3. The molecule has 170 valence electrons. The average molecular weight is 514 g/mol. The SMILES string of the molecule is CN(CCC1CCc2cc(Cl)c(Cl)cc2N=C1N)CCn1c(N)nc2cc(Cl)c(Cl)cc21. The molecular weight excluding hydrogens is 490 g/mol. The molecule has 1 unspecified atom stereocenters. The van der Waals surface area contributed by atoms with Crippen LogP contribution in [0.3, 0.4) is 0 Å². The second-order valence-electron chi connectivity index (χ2n) is 8.14. The molecule has 3 aromatic rings. The molecule has 1 aromatic heterocycles. The quantitative estimate of drug-likeness (QED) is 0.435. The number of nitrogens with zero attached hydrogens (tertiary/aromatic N) is 4. The van der Waals surface area contributed by atoms with E-state index in [4.69, 9.17) is 57.9 Å². The maximum Gasteiger partial charge on any atom is 0.201 e. The summed E-state index contributed by atoms with van der Waals surface area (Å²) in [6.45, 7) is 2.36. The molecule has 4 N–H and O–H groups in total. The second-order valence-corrected chi connectivity index (χ2v) is 9.76. The number of hydrogen-bond donors (Lipinski definition) is 2. The molecule has 0 aliphatic carbocycles. The highest BCUT2D eigenvalue weighted by Crippen LogP contribution is 2.35. The van der Waals surface area contributed by atoms with E-state index in [9.17, 15) is 0 Å². The number of aromatic nitrogens is 2. The monoisotopic (exact) mass is 512 g/mol. The van der Waals surface area contributed by atoms with Gasteiger partial charge in [0.2, 0.25) is 5.95 Å².